The standard InChI is InChI=1S/C16H24N4/c1-3-13(2)20-10-8-16(19-20)11-15(17)7-6-14-5-4-9-18-12-14/h4-5,8-10,12-13,15H,3,6-7,11,17H2,1-2H3. The first-order chi connectivity index (χ1) is 9.69. The summed E-state index contributed by atoms with van der Waals surface area (Å²) in [5.41, 5.74) is 8.53. The lowest BCUT2D eigenvalue weighted by Crippen LogP contribution is -2.24. The molecular formula is C16H24N4. The Morgan fingerprint density at radius 2 is 2.20 bits per heavy atom. The van der Waals surface area contributed by atoms with Gasteiger partial charge in [0.2, 0.25) is 0 Å². The predicted molar refractivity (Wildman–Crippen MR) is 81.5 cm³/mol. The van der Waals surface area contributed by atoms with Crippen molar-refractivity contribution in [2.45, 2.75) is 51.6 Å². The second kappa shape index (κ2) is 7.20. The van der Waals surface area contributed by atoms with Gasteiger partial charge in [-0.1, -0.05) is 13.0 Å². The highest BCUT2D eigenvalue weighted by atomic mass is 15.3. The lowest BCUT2D eigenvalue weighted by molar-refractivity contribution is 0.470. The third-order valence-electron chi connectivity index (χ3n) is 3.70. The summed E-state index contributed by atoms with van der Waals surface area (Å²) in [4.78, 5) is 4.12. The molecule has 2 heterocycles. The molecule has 108 valence electrons. The topological polar surface area (TPSA) is 56.7 Å². The van der Waals surface area contributed by atoms with Crippen LogP contribution in [0, 0.1) is 0 Å². The maximum absolute atomic E-state index is 6.20. The van der Waals surface area contributed by atoms with E-state index in [1.165, 1.54) is 5.56 Å². The van der Waals surface area contributed by atoms with Gasteiger partial charge in [0.25, 0.3) is 0 Å². The number of hydrogen-bond donors (Lipinski definition) is 1. The van der Waals surface area contributed by atoms with E-state index in [2.05, 4.69) is 42.3 Å². The molecule has 2 N–H and O–H groups in total. The summed E-state index contributed by atoms with van der Waals surface area (Å²) in [5, 5.41) is 4.60. The van der Waals surface area contributed by atoms with Crippen LogP contribution in [0.3, 0.4) is 0 Å². The smallest absolute Gasteiger partial charge is 0.0640 e. The average Bonchev–Trinajstić information content (AvgIpc) is 2.94. The van der Waals surface area contributed by atoms with Gasteiger partial charge in [-0.15, -0.1) is 0 Å². The Kier molecular flexibility index (Phi) is 5.30. The van der Waals surface area contributed by atoms with Crippen LogP contribution < -0.4 is 5.73 Å². The predicted octanol–water partition coefficient (Wildman–Crippen LogP) is 2.75. The van der Waals surface area contributed by atoms with Gasteiger partial charge in [-0.3, -0.25) is 9.67 Å². The molecule has 0 fully saturated rings. The highest BCUT2D eigenvalue weighted by molar-refractivity contribution is 5.09. The first kappa shape index (κ1) is 14.7. The molecule has 2 aromatic rings. The number of pyridine rings is 1. The van der Waals surface area contributed by atoms with Crippen LogP contribution in [0.25, 0.3) is 0 Å². The van der Waals surface area contributed by atoms with E-state index in [0.717, 1.165) is 31.4 Å². The van der Waals surface area contributed by atoms with Gasteiger partial charge in [0.1, 0.15) is 0 Å². The second-order valence-electron chi connectivity index (χ2n) is 5.41. The van der Waals surface area contributed by atoms with E-state index in [1.807, 2.05) is 16.9 Å². The lowest BCUT2D eigenvalue weighted by atomic mass is 10.0. The fourth-order valence-corrected chi connectivity index (χ4v) is 2.19. The van der Waals surface area contributed by atoms with Gasteiger partial charge in [0, 0.05) is 37.1 Å². The molecule has 0 saturated heterocycles. The van der Waals surface area contributed by atoms with Crippen LogP contribution in [0.4, 0.5) is 0 Å². The molecule has 0 bridgehead atoms. The lowest BCUT2D eigenvalue weighted by Gasteiger charge is -2.11. The van der Waals surface area contributed by atoms with E-state index in [0.29, 0.717) is 6.04 Å². The van der Waals surface area contributed by atoms with E-state index in [-0.39, 0.29) is 6.04 Å². The summed E-state index contributed by atoms with van der Waals surface area (Å²) < 4.78 is 2.03. The Labute approximate surface area is 121 Å². The van der Waals surface area contributed by atoms with E-state index in [4.69, 9.17) is 5.73 Å². The normalized spacial score (nSPS) is 14.2. The van der Waals surface area contributed by atoms with Gasteiger partial charge in [-0.25, -0.2) is 0 Å². The minimum Gasteiger partial charge on any atom is -0.327 e. The molecule has 0 aromatic carbocycles. The highest BCUT2D eigenvalue weighted by Gasteiger charge is 2.09. The van der Waals surface area contributed by atoms with Gasteiger partial charge in [0.15, 0.2) is 0 Å². The van der Waals surface area contributed by atoms with Crippen LogP contribution in [0.15, 0.2) is 36.8 Å². The third-order valence-corrected chi connectivity index (χ3v) is 3.70. The Balaban J connectivity index is 1.82. The first-order valence-corrected chi connectivity index (χ1v) is 7.37. The fraction of sp³-hybridized carbons (Fsp3) is 0.500. The molecule has 4 nitrogen and oxygen atoms in total. The minimum atomic E-state index is 0.149. The van der Waals surface area contributed by atoms with E-state index >= 15 is 0 Å². The molecule has 0 spiro atoms. The highest BCUT2D eigenvalue weighted by Crippen LogP contribution is 2.11. The molecule has 2 aromatic heterocycles. The first-order valence-electron chi connectivity index (χ1n) is 7.37. The van der Waals surface area contributed by atoms with E-state index in [9.17, 15) is 0 Å². The Hall–Kier alpha value is -1.68. The molecule has 0 aliphatic heterocycles. The van der Waals surface area contributed by atoms with Crippen molar-refractivity contribution in [2.75, 3.05) is 0 Å². The molecule has 2 unspecified atom stereocenters. The maximum atomic E-state index is 6.20. The third kappa shape index (κ3) is 4.17. The number of rotatable bonds is 7. The van der Waals surface area contributed by atoms with Crippen molar-refractivity contribution in [2.24, 2.45) is 5.73 Å². The molecule has 2 rings (SSSR count). The number of nitrogens with zero attached hydrogens (tertiary/aromatic N) is 3. The zero-order chi connectivity index (χ0) is 14.4. The number of aryl methyl sites for hydroxylation is 1. The number of hydrogen-bond acceptors (Lipinski definition) is 3. The summed E-state index contributed by atoms with van der Waals surface area (Å²) in [6.07, 6.45) is 9.62. The second-order valence-corrected chi connectivity index (χ2v) is 5.41. The summed E-state index contributed by atoms with van der Waals surface area (Å²) in [6, 6.07) is 6.74. The van der Waals surface area contributed by atoms with Crippen LogP contribution in [-0.2, 0) is 12.8 Å². The summed E-state index contributed by atoms with van der Waals surface area (Å²) in [5.74, 6) is 0. The van der Waals surface area contributed by atoms with Gasteiger partial charge in [-0.2, -0.15) is 5.10 Å². The zero-order valence-corrected chi connectivity index (χ0v) is 12.4. The van der Waals surface area contributed by atoms with Crippen molar-refractivity contribution in [3.05, 3.63) is 48.0 Å². The minimum absolute atomic E-state index is 0.149. The summed E-state index contributed by atoms with van der Waals surface area (Å²) in [6.45, 7) is 4.35. The van der Waals surface area contributed by atoms with Crippen LogP contribution in [0.5, 0.6) is 0 Å². The van der Waals surface area contributed by atoms with Crippen molar-refractivity contribution in [3.8, 4) is 0 Å². The molecule has 0 radical (unpaired) electrons. The van der Waals surface area contributed by atoms with Crippen LogP contribution >= 0.6 is 0 Å². The van der Waals surface area contributed by atoms with Crippen molar-refractivity contribution in [1.29, 1.82) is 0 Å². The van der Waals surface area contributed by atoms with Crippen LogP contribution in [0.2, 0.25) is 0 Å². The van der Waals surface area contributed by atoms with Gasteiger partial charge >= 0.3 is 0 Å². The quantitative estimate of drug-likeness (QED) is 0.843. The molecule has 2 atom stereocenters. The van der Waals surface area contributed by atoms with E-state index < -0.39 is 0 Å². The van der Waals surface area contributed by atoms with Crippen molar-refractivity contribution >= 4 is 0 Å². The molecule has 0 aliphatic carbocycles. The Morgan fingerprint density at radius 1 is 1.35 bits per heavy atom. The number of aromatic nitrogens is 3. The Bertz CT molecular complexity index is 506. The average molecular weight is 272 g/mol. The summed E-state index contributed by atoms with van der Waals surface area (Å²) >= 11 is 0. The van der Waals surface area contributed by atoms with Gasteiger partial charge < -0.3 is 5.73 Å². The van der Waals surface area contributed by atoms with Crippen molar-refractivity contribution in [3.63, 3.8) is 0 Å². The fourth-order valence-electron chi connectivity index (χ4n) is 2.19. The molecule has 0 saturated carbocycles. The zero-order valence-electron chi connectivity index (χ0n) is 12.4. The SMILES string of the molecule is CCC(C)n1ccc(CC(N)CCc2cccnc2)n1. The molecule has 20 heavy (non-hydrogen) atoms. The van der Waals surface area contributed by atoms with Gasteiger partial charge in [0.05, 0.1) is 5.69 Å². The molecule has 0 aliphatic rings. The largest absolute Gasteiger partial charge is 0.327 e. The van der Waals surface area contributed by atoms with E-state index in [1.54, 1.807) is 6.20 Å². The van der Waals surface area contributed by atoms with Crippen LogP contribution in [-0.4, -0.2) is 20.8 Å². The van der Waals surface area contributed by atoms with Crippen molar-refractivity contribution in [1.82, 2.24) is 14.8 Å². The van der Waals surface area contributed by atoms with Gasteiger partial charge in [-0.05, 0) is 43.9 Å². The number of nitrogens with two attached hydrogens (primary N) is 1. The molecule has 0 amide bonds. The van der Waals surface area contributed by atoms with Crippen LogP contribution in [0.1, 0.15) is 44.0 Å². The maximum Gasteiger partial charge on any atom is 0.0640 e. The summed E-state index contributed by atoms with van der Waals surface area (Å²) in [7, 11) is 0. The monoisotopic (exact) mass is 272 g/mol. The van der Waals surface area contributed by atoms with Crippen molar-refractivity contribution < 1.29 is 0 Å². The Morgan fingerprint density at radius 3 is 2.90 bits per heavy atom. The molecular weight excluding hydrogens is 248 g/mol. The molecule has 4 heteroatoms.